The number of carbonyl (C=O) groups excluding carboxylic acids is 1. The molecule has 29 heavy (non-hydrogen) atoms. The molecule has 0 atom stereocenters. The van der Waals surface area contributed by atoms with Gasteiger partial charge in [-0.25, -0.2) is 9.97 Å². The van der Waals surface area contributed by atoms with Gasteiger partial charge in [-0.05, 0) is 50.5 Å². The summed E-state index contributed by atoms with van der Waals surface area (Å²) in [5.41, 5.74) is 5.25. The van der Waals surface area contributed by atoms with Crippen LogP contribution >= 0.6 is 0 Å². The van der Waals surface area contributed by atoms with Gasteiger partial charge < -0.3 is 15.1 Å². The smallest absolute Gasteiger partial charge is 0.270 e. The maximum Gasteiger partial charge on any atom is 0.270 e. The maximum atomic E-state index is 12.5. The molecule has 0 bridgehead atoms. The number of rotatable bonds is 7. The second-order valence-corrected chi connectivity index (χ2v) is 7.85. The minimum atomic E-state index is -0.109. The Bertz CT molecular complexity index is 843. The lowest BCUT2D eigenvalue weighted by atomic mass is 10.1. The maximum absolute atomic E-state index is 12.5. The Morgan fingerprint density at radius 2 is 1.76 bits per heavy atom. The van der Waals surface area contributed by atoms with Crippen molar-refractivity contribution in [2.75, 3.05) is 42.5 Å². The van der Waals surface area contributed by atoms with Crippen LogP contribution in [-0.4, -0.2) is 48.6 Å². The number of nitrogens with zero attached hydrogens (tertiary/aromatic N) is 4. The van der Waals surface area contributed by atoms with Crippen LogP contribution in [0.5, 0.6) is 0 Å². The van der Waals surface area contributed by atoms with Gasteiger partial charge in [0.25, 0.3) is 5.91 Å². The summed E-state index contributed by atoms with van der Waals surface area (Å²) in [5.74, 6) is 0.547. The van der Waals surface area contributed by atoms with Gasteiger partial charge in [-0.2, -0.15) is 0 Å². The molecule has 2 heterocycles. The largest absolute Gasteiger partial charge is 0.368 e. The molecule has 1 fully saturated rings. The van der Waals surface area contributed by atoms with Gasteiger partial charge >= 0.3 is 0 Å². The normalized spacial score (nSPS) is 14.2. The van der Waals surface area contributed by atoms with Gasteiger partial charge in [0, 0.05) is 44.1 Å². The molecular weight excluding hydrogens is 362 g/mol. The van der Waals surface area contributed by atoms with Crippen LogP contribution in [0.2, 0.25) is 0 Å². The van der Waals surface area contributed by atoms with Crippen LogP contribution in [0.3, 0.4) is 0 Å². The molecule has 6 heteroatoms. The van der Waals surface area contributed by atoms with E-state index >= 15 is 0 Å². The number of hydrogen-bond donors (Lipinski definition) is 1. The molecule has 3 rings (SSSR count). The second-order valence-electron chi connectivity index (χ2n) is 7.85. The standard InChI is InChI=1S/C23H33N5O/c1-5-6-7-11-24-22(29)20-16-18(3)25-23(26-20)28-14-12-27(13-15-28)21-10-8-9-17(2)19(21)4/h8-10,16H,5-7,11-15H2,1-4H3,(H,24,29). The van der Waals surface area contributed by atoms with Gasteiger partial charge in [-0.3, -0.25) is 4.79 Å². The predicted molar refractivity (Wildman–Crippen MR) is 119 cm³/mol. The SMILES string of the molecule is CCCCCNC(=O)c1cc(C)nc(N2CCN(c3cccc(C)c3C)CC2)n1. The quantitative estimate of drug-likeness (QED) is 0.725. The predicted octanol–water partition coefficient (Wildman–Crippen LogP) is 3.65. The van der Waals surface area contributed by atoms with Crippen LogP contribution < -0.4 is 15.1 Å². The Hall–Kier alpha value is -2.63. The molecule has 1 saturated heterocycles. The number of benzene rings is 1. The molecule has 0 radical (unpaired) electrons. The monoisotopic (exact) mass is 395 g/mol. The van der Waals surface area contributed by atoms with Crippen molar-refractivity contribution in [1.29, 1.82) is 0 Å². The van der Waals surface area contributed by atoms with E-state index in [0.29, 0.717) is 18.2 Å². The summed E-state index contributed by atoms with van der Waals surface area (Å²) in [6.07, 6.45) is 3.26. The van der Waals surface area contributed by atoms with Gasteiger partial charge in [-0.1, -0.05) is 31.9 Å². The van der Waals surface area contributed by atoms with Gasteiger partial charge in [0.05, 0.1) is 0 Å². The summed E-state index contributed by atoms with van der Waals surface area (Å²) in [4.78, 5) is 26.2. The van der Waals surface area contributed by atoms with Crippen LogP contribution in [-0.2, 0) is 0 Å². The number of unbranched alkanes of at least 4 members (excludes halogenated alkanes) is 2. The lowest BCUT2D eigenvalue weighted by Gasteiger charge is -2.37. The first-order chi connectivity index (χ1) is 14.0. The summed E-state index contributed by atoms with van der Waals surface area (Å²) in [6, 6.07) is 8.25. The van der Waals surface area contributed by atoms with Crippen LogP contribution in [0, 0.1) is 20.8 Å². The highest BCUT2D eigenvalue weighted by atomic mass is 16.1. The highest BCUT2D eigenvalue weighted by Crippen LogP contribution is 2.24. The summed E-state index contributed by atoms with van der Waals surface area (Å²) >= 11 is 0. The van der Waals surface area contributed by atoms with E-state index in [2.05, 4.69) is 64.1 Å². The lowest BCUT2D eigenvalue weighted by Crippen LogP contribution is -2.47. The van der Waals surface area contributed by atoms with Crippen molar-refractivity contribution in [3.63, 3.8) is 0 Å². The number of aryl methyl sites for hydroxylation is 2. The molecule has 1 aliphatic rings. The van der Waals surface area contributed by atoms with Crippen molar-refractivity contribution in [1.82, 2.24) is 15.3 Å². The summed E-state index contributed by atoms with van der Waals surface area (Å²) in [6.45, 7) is 12.6. The molecule has 0 saturated carbocycles. The first-order valence-corrected chi connectivity index (χ1v) is 10.7. The van der Waals surface area contributed by atoms with Crippen LogP contribution in [0.25, 0.3) is 0 Å². The fraction of sp³-hybridized carbons (Fsp3) is 0.522. The van der Waals surface area contributed by atoms with Crippen LogP contribution in [0.15, 0.2) is 24.3 Å². The molecule has 0 unspecified atom stereocenters. The van der Waals surface area contributed by atoms with E-state index < -0.39 is 0 Å². The first-order valence-electron chi connectivity index (χ1n) is 10.7. The number of amides is 1. The Morgan fingerprint density at radius 3 is 2.48 bits per heavy atom. The number of nitrogens with one attached hydrogen (secondary N) is 1. The van der Waals surface area contributed by atoms with E-state index in [9.17, 15) is 4.79 Å². The van der Waals surface area contributed by atoms with Crippen molar-refractivity contribution >= 4 is 17.5 Å². The molecule has 0 aliphatic carbocycles. The molecular formula is C23H33N5O. The molecule has 1 aromatic carbocycles. The van der Waals surface area contributed by atoms with Crippen LogP contribution in [0.4, 0.5) is 11.6 Å². The Morgan fingerprint density at radius 1 is 1.03 bits per heavy atom. The topological polar surface area (TPSA) is 61.4 Å². The molecule has 6 nitrogen and oxygen atoms in total. The third-order valence-corrected chi connectivity index (χ3v) is 5.62. The fourth-order valence-electron chi connectivity index (χ4n) is 3.70. The number of piperazine rings is 1. The number of carbonyl (C=O) groups is 1. The van der Waals surface area contributed by atoms with Gasteiger partial charge in [0.15, 0.2) is 0 Å². The number of aromatic nitrogens is 2. The Balaban J connectivity index is 1.65. The zero-order valence-electron chi connectivity index (χ0n) is 18.2. The molecule has 2 aromatic rings. The molecule has 156 valence electrons. The van der Waals surface area contributed by atoms with Gasteiger partial charge in [0.1, 0.15) is 5.69 Å². The molecule has 1 aliphatic heterocycles. The molecule has 1 amide bonds. The second kappa shape index (κ2) is 9.72. The minimum absolute atomic E-state index is 0.109. The average Bonchev–Trinajstić information content (AvgIpc) is 2.73. The van der Waals surface area contributed by atoms with Crippen molar-refractivity contribution < 1.29 is 4.79 Å². The Labute approximate surface area is 174 Å². The third-order valence-electron chi connectivity index (χ3n) is 5.62. The lowest BCUT2D eigenvalue weighted by molar-refractivity contribution is 0.0947. The van der Waals surface area contributed by atoms with Gasteiger partial charge in [-0.15, -0.1) is 0 Å². The van der Waals surface area contributed by atoms with Crippen molar-refractivity contribution in [2.24, 2.45) is 0 Å². The van der Waals surface area contributed by atoms with Crippen molar-refractivity contribution in [3.8, 4) is 0 Å². The molecule has 0 spiro atoms. The summed E-state index contributed by atoms with van der Waals surface area (Å²) in [7, 11) is 0. The van der Waals surface area contributed by atoms with E-state index in [-0.39, 0.29) is 5.91 Å². The highest BCUT2D eigenvalue weighted by Gasteiger charge is 2.22. The van der Waals surface area contributed by atoms with Crippen molar-refractivity contribution in [2.45, 2.75) is 47.0 Å². The minimum Gasteiger partial charge on any atom is -0.368 e. The third kappa shape index (κ3) is 5.25. The van der Waals surface area contributed by atoms with Crippen molar-refractivity contribution in [3.05, 3.63) is 46.8 Å². The number of hydrogen-bond acceptors (Lipinski definition) is 5. The van der Waals surface area contributed by atoms with E-state index in [4.69, 9.17) is 0 Å². The zero-order valence-corrected chi connectivity index (χ0v) is 18.2. The molecule has 1 aromatic heterocycles. The summed E-state index contributed by atoms with van der Waals surface area (Å²) < 4.78 is 0. The fourth-order valence-corrected chi connectivity index (χ4v) is 3.70. The molecule has 1 N–H and O–H groups in total. The van der Waals surface area contributed by atoms with E-state index in [1.165, 1.54) is 16.8 Å². The number of anilines is 2. The first kappa shape index (κ1) is 21.1. The van der Waals surface area contributed by atoms with Gasteiger partial charge in [0.2, 0.25) is 5.95 Å². The van der Waals surface area contributed by atoms with E-state index in [1.54, 1.807) is 6.07 Å². The zero-order chi connectivity index (χ0) is 20.8. The van der Waals surface area contributed by atoms with E-state index in [1.807, 2.05) is 6.92 Å². The summed E-state index contributed by atoms with van der Waals surface area (Å²) in [5, 5.41) is 2.98. The highest BCUT2D eigenvalue weighted by molar-refractivity contribution is 5.92. The van der Waals surface area contributed by atoms with E-state index in [0.717, 1.165) is 51.1 Å². The van der Waals surface area contributed by atoms with Crippen LogP contribution in [0.1, 0.15) is 53.5 Å². The average molecular weight is 396 g/mol. The Kier molecular flexibility index (Phi) is 7.07.